The van der Waals surface area contributed by atoms with E-state index in [0.717, 1.165) is 19.3 Å². The van der Waals surface area contributed by atoms with E-state index in [1.165, 1.54) is 26.2 Å². The second-order valence-electron chi connectivity index (χ2n) is 6.52. The van der Waals surface area contributed by atoms with Crippen molar-refractivity contribution in [3.8, 4) is 0 Å². The molecule has 1 heterocycles. The van der Waals surface area contributed by atoms with Crippen molar-refractivity contribution in [1.29, 1.82) is 0 Å². The van der Waals surface area contributed by atoms with Crippen LogP contribution in [0.3, 0.4) is 0 Å². The number of nitrogens with zero attached hydrogens (tertiary/aromatic N) is 2. The number of rotatable bonds is 7. The van der Waals surface area contributed by atoms with Gasteiger partial charge in [0.2, 0.25) is 17.3 Å². The maximum atomic E-state index is 12.7. The lowest BCUT2D eigenvalue weighted by atomic mass is 9.90. The van der Waals surface area contributed by atoms with E-state index in [9.17, 15) is 4.79 Å². The molecule has 1 aromatic rings. The predicted molar refractivity (Wildman–Crippen MR) is 113 cm³/mol. The second kappa shape index (κ2) is 12.9. The molecule has 0 fully saturated rings. The first kappa shape index (κ1) is 23.7. The Morgan fingerprint density at radius 1 is 1.07 bits per heavy atom. The zero-order chi connectivity index (χ0) is 20.8. The van der Waals surface area contributed by atoms with E-state index in [4.69, 9.17) is 14.2 Å². The number of ether oxygens (including phenoxy) is 3. The van der Waals surface area contributed by atoms with Crippen LogP contribution in [-0.2, 0) is 25.4 Å². The minimum absolute atomic E-state index is 0.269. The minimum Gasteiger partial charge on any atom is -0.483 e. The minimum atomic E-state index is -1.24. The standard InChI is InChI=1S/C19H26N2O4.C3H8/c1-4-25-18(22)19(17(24-3)20-14-16(21-19)23-2)13-9-8-12-15-10-6-5-7-11-15;1-3-2/h5-7,10-11H,4,8-9,12-14H2,1-3H3;3H2,1-2H3. The molecule has 2 rings (SSSR count). The molecule has 0 saturated carbocycles. The molecule has 0 spiro atoms. The molecule has 28 heavy (non-hydrogen) atoms. The zero-order valence-electron chi connectivity index (χ0n) is 17.9. The third-order valence-electron chi connectivity index (χ3n) is 4.17. The van der Waals surface area contributed by atoms with Crippen LogP contribution in [0.4, 0.5) is 0 Å². The Morgan fingerprint density at radius 3 is 2.32 bits per heavy atom. The molecule has 0 bridgehead atoms. The number of aryl methyl sites for hydroxylation is 1. The fourth-order valence-corrected chi connectivity index (χ4v) is 2.91. The van der Waals surface area contributed by atoms with Crippen LogP contribution in [0.2, 0.25) is 0 Å². The monoisotopic (exact) mass is 390 g/mol. The number of unbranched alkanes of at least 4 members (excludes halogenated alkanes) is 1. The van der Waals surface area contributed by atoms with Crippen molar-refractivity contribution in [3.05, 3.63) is 35.9 Å². The van der Waals surface area contributed by atoms with Crippen LogP contribution < -0.4 is 0 Å². The molecule has 1 atom stereocenters. The van der Waals surface area contributed by atoms with Crippen LogP contribution in [-0.4, -0.2) is 50.7 Å². The van der Waals surface area contributed by atoms with Gasteiger partial charge in [-0.25, -0.2) is 14.8 Å². The molecule has 1 aliphatic rings. The number of carbonyl (C=O) groups excluding carboxylic acids is 1. The van der Waals surface area contributed by atoms with Crippen LogP contribution in [0.5, 0.6) is 0 Å². The van der Waals surface area contributed by atoms with Gasteiger partial charge in [-0.15, -0.1) is 0 Å². The van der Waals surface area contributed by atoms with E-state index in [2.05, 4.69) is 36.0 Å². The molecular weight excluding hydrogens is 356 g/mol. The van der Waals surface area contributed by atoms with Gasteiger partial charge in [-0.1, -0.05) is 50.6 Å². The van der Waals surface area contributed by atoms with E-state index in [1.54, 1.807) is 6.92 Å². The Hall–Kier alpha value is -2.37. The Balaban J connectivity index is 0.00000122. The molecular formula is C22H34N2O4. The molecule has 0 N–H and O–H groups in total. The van der Waals surface area contributed by atoms with Gasteiger partial charge in [0.15, 0.2) is 0 Å². The van der Waals surface area contributed by atoms with Gasteiger partial charge in [0, 0.05) is 0 Å². The lowest BCUT2D eigenvalue weighted by Gasteiger charge is -2.30. The highest BCUT2D eigenvalue weighted by molar-refractivity contribution is 6.11. The quantitative estimate of drug-likeness (QED) is 0.516. The lowest BCUT2D eigenvalue weighted by Crippen LogP contribution is -2.50. The summed E-state index contributed by atoms with van der Waals surface area (Å²) in [6.45, 7) is 6.57. The topological polar surface area (TPSA) is 69.5 Å². The van der Waals surface area contributed by atoms with E-state index in [0.29, 0.717) is 18.2 Å². The molecule has 1 aromatic carbocycles. The summed E-state index contributed by atoms with van der Waals surface area (Å²) in [6.07, 6.45) is 4.38. The van der Waals surface area contributed by atoms with E-state index in [1.807, 2.05) is 18.2 Å². The smallest absolute Gasteiger partial charge is 0.343 e. The SMILES string of the molecule is CCC.CCOC(=O)C1(CCCCc2ccccc2)N=C(OC)CN=C1OC. The second-order valence-corrected chi connectivity index (χ2v) is 6.52. The maximum Gasteiger partial charge on any atom is 0.343 e. The number of hydrogen-bond acceptors (Lipinski definition) is 6. The van der Waals surface area contributed by atoms with Crippen molar-refractivity contribution in [2.75, 3.05) is 27.4 Å². The van der Waals surface area contributed by atoms with Crippen molar-refractivity contribution in [2.24, 2.45) is 9.98 Å². The summed E-state index contributed by atoms with van der Waals surface area (Å²) in [5.41, 5.74) is 0.0310. The van der Waals surface area contributed by atoms with Gasteiger partial charge >= 0.3 is 5.97 Å². The number of hydrogen-bond donors (Lipinski definition) is 0. The highest BCUT2D eigenvalue weighted by atomic mass is 16.5. The summed E-state index contributed by atoms with van der Waals surface area (Å²) in [6, 6.07) is 10.3. The number of esters is 1. The van der Waals surface area contributed by atoms with Gasteiger partial charge in [-0.2, -0.15) is 0 Å². The first-order chi connectivity index (χ1) is 13.6. The normalized spacial score (nSPS) is 18.2. The van der Waals surface area contributed by atoms with Crippen molar-refractivity contribution in [1.82, 2.24) is 0 Å². The van der Waals surface area contributed by atoms with Crippen LogP contribution >= 0.6 is 0 Å². The molecule has 0 amide bonds. The van der Waals surface area contributed by atoms with Gasteiger partial charge in [0.25, 0.3) is 0 Å². The number of carbonyl (C=O) groups is 1. The van der Waals surface area contributed by atoms with E-state index >= 15 is 0 Å². The van der Waals surface area contributed by atoms with Crippen LogP contribution in [0.1, 0.15) is 52.0 Å². The molecule has 1 aliphatic heterocycles. The third kappa shape index (κ3) is 6.66. The van der Waals surface area contributed by atoms with Gasteiger partial charge in [-0.05, 0) is 38.2 Å². The molecule has 6 nitrogen and oxygen atoms in total. The molecule has 0 aromatic heterocycles. The molecule has 156 valence electrons. The molecule has 0 saturated heterocycles. The van der Waals surface area contributed by atoms with Crippen LogP contribution in [0, 0.1) is 0 Å². The largest absolute Gasteiger partial charge is 0.483 e. The molecule has 0 aliphatic carbocycles. The zero-order valence-corrected chi connectivity index (χ0v) is 17.9. The Labute approximate surface area is 169 Å². The van der Waals surface area contributed by atoms with Crippen LogP contribution in [0.25, 0.3) is 0 Å². The van der Waals surface area contributed by atoms with Crippen molar-refractivity contribution >= 4 is 17.8 Å². The summed E-state index contributed by atoms with van der Waals surface area (Å²) in [7, 11) is 3.03. The van der Waals surface area contributed by atoms with Gasteiger partial charge in [0.1, 0.15) is 6.54 Å². The summed E-state index contributed by atoms with van der Waals surface area (Å²) in [5.74, 6) is 0.271. The fourth-order valence-electron chi connectivity index (χ4n) is 2.91. The van der Waals surface area contributed by atoms with E-state index < -0.39 is 11.5 Å². The average molecular weight is 391 g/mol. The van der Waals surface area contributed by atoms with Crippen molar-refractivity contribution in [2.45, 2.75) is 58.4 Å². The highest BCUT2D eigenvalue weighted by Crippen LogP contribution is 2.28. The molecule has 6 heteroatoms. The van der Waals surface area contributed by atoms with Crippen molar-refractivity contribution < 1.29 is 19.0 Å². The van der Waals surface area contributed by atoms with Crippen LogP contribution in [0.15, 0.2) is 40.3 Å². The first-order valence-corrected chi connectivity index (χ1v) is 10.0. The fraction of sp³-hybridized carbons (Fsp3) is 0.591. The lowest BCUT2D eigenvalue weighted by molar-refractivity contribution is -0.147. The highest BCUT2D eigenvalue weighted by Gasteiger charge is 2.48. The summed E-state index contributed by atoms with van der Waals surface area (Å²) in [5, 5.41) is 0. The summed E-state index contributed by atoms with van der Waals surface area (Å²) in [4.78, 5) is 21.5. The summed E-state index contributed by atoms with van der Waals surface area (Å²) >= 11 is 0. The Bertz CT molecular complexity index is 643. The van der Waals surface area contributed by atoms with Crippen molar-refractivity contribution in [3.63, 3.8) is 0 Å². The van der Waals surface area contributed by atoms with Gasteiger partial charge < -0.3 is 14.2 Å². The Morgan fingerprint density at radius 2 is 1.75 bits per heavy atom. The van der Waals surface area contributed by atoms with Gasteiger partial charge in [-0.3, -0.25) is 0 Å². The summed E-state index contributed by atoms with van der Waals surface area (Å²) < 4.78 is 15.9. The predicted octanol–water partition coefficient (Wildman–Crippen LogP) is 4.22. The molecule has 0 radical (unpaired) electrons. The maximum absolute atomic E-state index is 12.7. The third-order valence-corrected chi connectivity index (χ3v) is 4.17. The number of benzene rings is 1. The number of aliphatic imine (C=N–C) groups is 2. The first-order valence-electron chi connectivity index (χ1n) is 10.0. The average Bonchev–Trinajstić information content (AvgIpc) is 2.72. The van der Waals surface area contributed by atoms with Gasteiger partial charge in [0.05, 0.1) is 20.8 Å². The van der Waals surface area contributed by atoms with E-state index in [-0.39, 0.29) is 13.2 Å². The molecule has 1 unspecified atom stereocenters. The number of methoxy groups -OCH3 is 2. The Kier molecular flexibility index (Phi) is 10.9.